The van der Waals surface area contributed by atoms with E-state index in [1.54, 1.807) is 0 Å². The lowest BCUT2D eigenvalue weighted by Crippen LogP contribution is -2.62. The van der Waals surface area contributed by atoms with Gasteiger partial charge in [-0.1, -0.05) is 0 Å². The smallest absolute Gasteiger partial charge is 0.225 e. The van der Waals surface area contributed by atoms with Crippen LogP contribution in [0.3, 0.4) is 0 Å². The number of nitrogens with two attached hydrogens (primary N) is 2. The number of piperazine rings is 1. The summed E-state index contributed by atoms with van der Waals surface area (Å²) in [5, 5.41) is 3.37. The van der Waals surface area contributed by atoms with Crippen molar-refractivity contribution in [2.75, 3.05) is 50.7 Å². The summed E-state index contributed by atoms with van der Waals surface area (Å²) in [7, 11) is 0. The maximum absolute atomic E-state index is 5.56. The number of hydrogen-bond donors (Lipinski definition) is 3. The minimum atomic E-state index is 0.196. The zero-order chi connectivity index (χ0) is 13.2. The van der Waals surface area contributed by atoms with Gasteiger partial charge in [-0.05, 0) is 0 Å². The zero-order valence-electron chi connectivity index (χ0n) is 10.9. The Morgan fingerprint density at radius 3 is 2.32 bits per heavy atom. The molecular weight excluding hydrogens is 244 g/mol. The summed E-state index contributed by atoms with van der Waals surface area (Å²) in [4.78, 5) is 16.8. The van der Waals surface area contributed by atoms with Crippen molar-refractivity contribution in [2.24, 2.45) is 0 Å². The van der Waals surface area contributed by atoms with Gasteiger partial charge in [0.1, 0.15) is 5.82 Å². The molecule has 3 heterocycles. The van der Waals surface area contributed by atoms with Crippen molar-refractivity contribution < 1.29 is 0 Å². The molecule has 8 heteroatoms. The van der Waals surface area contributed by atoms with E-state index in [1.165, 1.54) is 0 Å². The topological polar surface area (TPSA) is 109 Å². The quantitative estimate of drug-likeness (QED) is 0.582. The number of nitrogens with zero attached hydrogens (tertiary/aromatic N) is 5. The Bertz CT molecular complexity index is 418. The fraction of sp³-hybridized carbons (Fsp3) is 0.727. The van der Waals surface area contributed by atoms with E-state index in [9.17, 15) is 0 Å². The Kier molecular flexibility index (Phi) is 3.45. The van der Waals surface area contributed by atoms with Crippen LogP contribution in [-0.2, 0) is 6.54 Å². The van der Waals surface area contributed by atoms with E-state index in [2.05, 4.69) is 30.1 Å². The second-order valence-electron chi connectivity index (χ2n) is 5.10. The van der Waals surface area contributed by atoms with Gasteiger partial charge in [0.2, 0.25) is 11.9 Å². The lowest BCUT2D eigenvalue weighted by atomic mass is 10.1. The number of likely N-dealkylation sites (tertiary alicyclic amines) is 1. The largest absolute Gasteiger partial charge is 0.368 e. The van der Waals surface area contributed by atoms with Crippen LogP contribution in [0.1, 0.15) is 5.82 Å². The number of rotatable bonds is 3. The summed E-state index contributed by atoms with van der Waals surface area (Å²) in [6, 6.07) is 0.665. The van der Waals surface area contributed by atoms with E-state index < -0.39 is 0 Å². The second kappa shape index (κ2) is 5.24. The molecule has 0 saturated carbocycles. The van der Waals surface area contributed by atoms with Gasteiger partial charge in [0, 0.05) is 45.3 Å². The van der Waals surface area contributed by atoms with E-state index in [0.717, 1.165) is 39.3 Å². The third-order valence-corrected chi connectivity index (χ3v) is 3.69. The monoisotopic (exact) mass is 264 g/mol. The third kappa shape index (κ3) is 2.91. The van der Waals surface area contributed by atoms with Gasteiger partial charge < -0.3 is 16.8 Å². The Morgan fingerprint density at radius 1 is 1.05 bits per heavy atom. The van der Waals surface area contributed by atoms with Gasteiger partial charge in [-0.3, -0.25) is 9.80 Å². The first-order valence-electron chi connectivity index (χ1n) is 6.64. The van der Waals surface area contributed by atoms with Crippen molar-refractivity contribution in [1.29, 1.82) is 0 Å². The van der Waals surface area contributed by atoms with E-state index in [0.29, 0.717) is 18.4 Å². The summed E-state index contributed by atoms with van der Waals surface area (Å²) in [6.07, 6.45) is 0. The molecule has 2 aliphatic heterocycles. The highest BCUT2D eigenvalue weighted by Gasteiger charge is 2.32. The minimum absolute atomic E-state index is 0.196. The van der Waals surface area contributed by atoms with Crippen molar-refractivity contribution in [3.05, 3.63) is 5.82 Å². The van der Waals surface area contributed by atoms with Crippen LogP contribution >= 0.6 is 0 Å². The maximum Gasteiger partial charge on any atom is 0.225 e. The molecule has 0 aliphatic carbocycles. The van der Waals surface area contributed by atoms with Gasteiger partial charge in [0.05, 0.1) is 6.54 Å². The van der Waals surface area contributed by atoms with Crippen molar-refractivity contribution in [2.45, 2.75) is 12.6 Å². The fourth-order valence-corrected chi connectivity index (χ4v) is 2.68. The molecular formula is C11H20N8. The van der Waals surface area contributed by atoms with Gasteiger partial charge in [-0.15, -0.1) is 0 Å². The molecule has 0 atom stereocenters. The van der Waals surface area contributed by atoms with Gasteiger partial charge in [0.25, 0.3) is 0 Å². The fourth-order valence-electron chi connectivity index (χ4n) is 2.68. The SMILES string of the molecule is Nc1nc(N)nc(CN2CC(N3CCNCC3)C2)n1. The summed E-state index contributed by atoms with van der Waals surface area (Å²) >= 11 is 0. The number of hydrogen-bond acceptors (Lipinski definition) is 8. The van der Waals surface area contributed by atoms with Gasteiger partial charge >= 0.3 is 0 Å². The molecule has 0 bridgehead atoms. The highest BCUT2D eigenvalue weighted by molar-refractivity contribution is 5.25. The van der Waals surface area contributed by atoms with Crippen molar-refractivity contribution in [3.8, 4) is 0 Å². The number of anilines is 2. The van der Waals surface area contributed by atoms with E-state index in [-0.39, 0.29) is 11.9 Å². The van der Waals surface area contributed by atoms with Crippen molar-refractivity contribution in [1.82, 2.24) is 30.1 Å². The number of nitrogens with one attached hydrogen (secondary N) is 1. The molecule has 2 aliphatic rings. The van der Waals surface area contributed by atoms with Gasteiger partial charge in [-0.25, -0.2) is 0 Å². The van der Waals surface area contributed by atoms with Crippen LogP contribution in [0.2, 0.25) is 0 Å². The molecule has 3 rings (SSSR count). The average Bonchev–Trinajstić information content (AvgIpc) is 2.33. The van der Waals surface area contributed by atoms with E-state index >= 15 is 0 Å². The molecule has 0 spiro atoms. The number of nitrogen functional groups attached to an aromatic ring is 2. The molecule has 19 heavy (non-hydrogen) atoms. The van der Waals surface area contributed by atoms with Crippen LogP contribution in [-0.4, -0.2) is 70.1 Å². The molecule has 0 radical (unpaired) electrons. The molecule has 2 fully saturated rings. The first-order valence-corrected chi connectivity index (χ1v) is 6.64. The summed E-state index contributed by atoms with van der Waals surface area (Å²) in [6.45, 7) is 7.29. The van der Waals surface area contributed by atoms with Crippen LogP contribution in [0.15, 0.2) is 0 Å². The standard InChI is InChI=1S/C11H20N8/c12-10-15-9(16-11(13)17-10)7-18-5-8(6-18)19-3-1-14-2-4-19/h8,14H,1-7H2,(H4,12,13,15,16,17). The Morgan fingerprint density at radius 2 is 1.68 bits per heavy atom. The first kappa shape index (κ1) is 12.5. The molecule has 5 N–H and O–H groups in total. The van der Waals surface area contributed by atoms with Crippen molar-refractivity contribution in [3.63, 3.8) is 0 Å². The predicted octanol–water partition coefficient (Wildman–Crippen LogP) is -1.87. The second-order valence-corrected chi connectivity index (χ2v) is 5.10. The predicted molar refractivity (Wildman–Crippen MR) is 72.2 cm³/mol. The van der Waals surface area contributed by atoms with Crippen LogP contribution < -0.4 is 16.8 Å². The highest BCUT2D eigenvalue weighted by Crippen LogP contribution is 2.17. The van der Waals surface area contributed by atoms with Gasteiger partial charge in [0.15, 0.2) is 0 Å². The van der Waals surface area contributed by atoms with Crippen LogP contribution in [0.4, 0.5) is 11.9 Å². The highest BCUT2D eigenvalue weighted by atomic mass is 15.3. The lowest BCUT2D eigenvalue weighted by molar-refractivity contribution is 0.0208. The average molecular weight is 264 g/mol. The van der Waals surface area contributed by atoms with Crippen LogP contribution in [0, 0.1) is 0 Å². The molecule has 0 unspecified atom stereocenters. The van der Waals surface area contributed by atoms with Crippen molar-refractivity contribution >= 4 is 11.9 Å². The molecule has 104 valence electrons. The molecule has 0 aromatic carbocycles. The summed E-state index contributed by atoms with van der Waals surface area (Å²) in [5.41, 5.74) is 11.1. The molecule has 2 saturated heterocycles. The van der Waals surface area contributed by atoms with Gasteiger partial charge in [-0.2, -0.15) is 15.0 Å². The molecule has 1 aromatic rings. The molecule has 8 nitrogen and oxygen atoms in total. The number of aromatic nitrogens is 3. The lowest BCUT2D eigenvalue weighted by Gasteiger charge is -2.46. The zero-order valence-corrected chi connectivity index (χ0v) is 10.9. The third-order valence-electron chi connectivity index (χ3n) is 3.69. The first-order chi connectivity index (χ1) is 9.20. The summed E-state index contributed by atoms with van der Waals surface area (Å²) in [5.74, 6) is 1.05. The maximum atomic E-state index is 5.56. The van der Waals surface area contributed by atoms with E-state index in [1.807, 2.05) is 0 Å². The molecule has 1 aromatic heterocycles. The molecule has 0 amide bonds. The van der Waals surface area contributed by atoms with Crippen LogP contribution in [0.5, 0.6) is 0 Å². The minimum Gasteiger partial charge on any atom is -0.368 e. The van der Waals surface area contributed by atoms with E-state index in [4.69, 9.17) is 11.5 Å². The normalized spacial score (nSPS) is 22.3. The Balaban J connectivity index is 1.50. The Labute approximate surface area is 112 Å². The Hall–Kier alpha value is -1.51. The summed E-state index contributed by atoms with van der Waals surface area (Å²) < 4.78 is 0. The van der Waals surface area contributed by atoms with Crippen LogP contribution in [0.25, 0.3) is 0 Å².